The molecule has 0 atom stereocenters. The molecule has 2 aromatic carbocycles. The average molecular weight is 387 g/mol. The number of halogens is 3. The second kappa shape index (κ2) is 6.40. The zero-order valence-electron chi connectivity index (χ0n) is 15.3. The van der Waals surface area contributed by atoms with E-state index < -0.39 is 11.7 Å². The minimum atomic E-state index is -4.44. The van der Waals surface area contributed by atoms with Gasteiger partial charge in [0.25, 0.3) is 0 Å². The van der Waals surface area contributed by atoms with Gasteiger partial charge in [-0.15, -0.1) is 0 Å². The SMILES string of the molecule is COc1cc2c(-c3cccc(C(F)(F)F)c3)nc3[nH]ncc3c2c(C)c1OC. The number of H-pyrrole nitrogens is 1. The molecule has 0 bridgehead atoms. The van der Waals surface area contributed by atoms with Gasteiger partial charge < -0.3 is 9.47 Å². The van der Waals surface area contributed by atoms with Crippen molar-refractivity contribution in [1.29, 1.82) is 0 Å². The van der Waals surface area contributed by atoms with E-state index in [2.05, 4.69) is 15.2 Å². The van der Waals surface area contributed by atoms with Gasteiger partial charge >= 0.3 is 6.18 Å². The van der Waals surface area contributed by atoms with E-state index >= 15 is 0 Å². The fourth-order valence-electron chi connectivity index (χ4n) is 3.49. The summed E-state index contributed by atoms with van der Waals surface area (Å²) in [6.45, 7) is 1.87. The van der Waals surface area contributed by atoms with Gasteiger partial charge in [-0.25, -0.2) is 4.98 Å². The molecule has 2 aromatic heterocycles. The highest BCUT2D eigenvalue weighted by molar-refractivity contribution is 6.12. The summed E-state index contributed by atoms with van der Waals surface area (Å²) >= 11 is 0. The summed E-state index contributed by atoms with van der Waals surface area (Å²) in [6, 6.07) is 6.84. The quantitative estimate of drug-likeness (QED) is 0.530. The average Bonchev–Trinajstić information content (AvgIpc) is 3.14. The summed E-state index contributed by atoms with van der Waals surface area (Å²) in [4.78, 5) is 4.55. The molecule has 1 N–H and O–H groups in total. The Morgan fingerprint density at radius 2 is 1.82 bits per heavy atom. The van der Waals surface area contributed by atoms with E-state index in [1.807, 2.05) is 6.92 Å². The zero-order valence-corrected chi connectivity index (χ0v) is 15.3. The summed E-state index contributed by atoms with van der Waals surface area (Å²) in [7, 11) is 3.05. The lowest BCUT2D eigenvalue weighted by atomic mass is 9.96. The minimum absolute atomic E-state index is 0.350. The molecule has 4 aromatic rings. The van der Waals surface area contributed by atoms with E-state index in [0.717, 1.165) is 28.5 Å². The molecule has 5 nitrogen and oxygen atoms in total. The van der Waals surface area contributed by atoms with Gasteiger partial charge in [0.2, 0.25) is 0 Å². The smallest absolute Gasteiger partial charge is 0.416 e. The molecule has 144 valence electrons. The first-order chi connectivity index (χ1) is 13.3. The fraction of sp³-hybridized carbons (Fsp3) is 0.200. The van der Waals surface area contributed by atoms with Gasteiger partial charge in [-0.1, -0.05) is 12.1 Å². The second-order valence-corrected chi connectivity index (χ2v) is 6.33. The van der Waals surface area contributed by atoms with E-state index in [4.69, 9.17) is 9.47 Å². The molecular weight excluding hydrogens is 371 g/mol. The number of pyridine rings is 1. The van der Waals surface area contributed by atoms with E-state index in [1.165, 1.54) is 20.3 Å². The highest BCUT2D eigenvalue weighted by Gasteiger charge is 2.31. The van der Waals surface area contributed by atoms with Gasteiger partial charge in [0.05, 0.1) is 31.7 Å². The Labute approximate surface area is 158 Å². The molecule has 0 aliphatic heterocycles. The monoisotopic (exact) mass is 387 g/mol. The van der Waals surface area contributed by atoms with E-state index in [0.29, 0.717) is 33.8 Å². The largest absolute Gasteiger partial charge is 0.493 e. The Morgan fingerprint density at radius 1 is 1.04 bits per heavy atom. The standard InChI is InChI=1S/C20H16F3N3O2/c1-10-16-13(8-15(27-2)18(10)28-3)17(25-19-14(16)9-24-26-19)11-5-4-6-12(7-11)20(21,22)23/h4-9H,1-3H3,(H,24,25,26). The number of fused-ring (bicyclic) bond motifs is 3. The molecule has 28 heavy (non-hydrogen) atoms. The Bertz CT molecular complexity index is 1200. The number of methoxy groups -OCH3 is 2. The maximum Gasteiger partial charge on any atom is 0.416 e. The third-order valence-electron chi connectivity index (χ3n) is 4.74. The number of ether oxygens (including phenoxy) is 2. The minimum Gasteiger partial charge on any atom is -0.493 e. The van der Waals surface area contributed by atoms with Crippen molar-refractivity contribution in [2.45, 2.75) is 13.1 Å². The molecule has 0 fully saturated rings. The number of hydrogen-bond acceptors (Lipinski definition) is 4. The van der Waals surface area contributed by atoms with Crippen LogP contribution in [0.5, 0.6) is 11.5 Å². The molecular formula is C20H16F3N3O2. The number of alkyl halides is 3. The van der Waals surface area contributed by atoms with Crippen LogP contribution in [-0.4, -0.2) is 29.4 Å². The van der Waals surface area contributed by atoms with Crippen molar-refractivity contribution < 1.29 is 22.6 Å². The normalized spacial score (nSPS) is 11.9. The van der Waals surface area contributed by atoms with Gasteiger partial charge in [0.1, 0.15) is 0 Å². The van der Waals surface area contributed by atoms with Crippen LogP contribution in [-0.2, 0) is 6.18 Å². The number of aromatic nitrogens is 3. The Hall–Kier alpha value is -3.29. The molecule has 0 saturated carbocycles. The maximum atomic E-state index is 13.2. The fourth-order valence-corrected chi connectivity index (χ4v) is 3.49. The maximum absolute atomic E-state index is 13.2. The van der Waals surface area contributed by atoms with Crippen LogP contribution in [0.25, 0.3) is 33.1 Å². The van der Waals surface area contributed by atoms with E-state index in [-0.39, 0.29) is 0 Å². The Morgan fingerprint density at radius 3 is 2.50 bits per heavy atom. The zero-order chi connectivity index (χ0) is 20.1. The van der Waals surface area contributed by atoms with Crippen molar-refractivity contribution in [1.82, 2.24) is 15.2 Å². The number of benzene rings is 2. The predicted molar refractivity (Wildman–Crippen MR) is 99.7 cm³/mol. The number of nitrogens with one attached hydrogen (secondary N) is 1. The highest BCUT2D eigenvalue weighted by Crippen LogP contribution is 2.43. The second-order valence-electron chi connectivity index (χ2n) is 6.33. The number of rotatable bonds is 3. The van der Waals surface area contributed by atoms with Crippen LogP contribution in [0.2, 0.25) is 0 Å². The predicted octanol–water partition coefficient (Wildman–Crippen LogP) is 5.12. The summed E-state index contributed by atoms with van der Waals surface area (Å²) < 4.78 is 50.5. The summed E-state index contributed by atoms with van der Waals surface area (Å²) in [5, 5.41) is 9.05. The van der Waals surface area contributed by atoms with Crippen LogP contribution in [0.1, 0.15) is 11.1 Å². The van der Waals surface area contributed by atoms with Gasteiger partial charge in [0, 0.05) is 27.3 Å². The van der Waals surface area contributed by atoms with Crippen molar-refractivity contribution >= 4 is 21.8 Å². The van der Waals surface area contributed by atoms with E-state index in [1.54, 1.807) is 18.3 Å². The van der Waals surface area contributed by atoms with Gasteiger partial charge in [0.15, 0.2) is 17.1 Å². The first-order valence-electron chi connectivity index (χ1n) is 8.41. The van der Waals surface area contributed by atoms with Crippen molar-refractivity contribution in [3.8, 4) is 22.8 Å². The molecule has 0 amide bonds. The van der Waals surface area contributed by atoms with Crippen molar-refractivity contribution in [3.05, 3.63) is 47.7 Å². The molecule has 0 aliphatic rings. The Kier molecular flexibility index (Phi) is 4.14. The van der Waals surface area contributed by atoms with Gasteiger partial charge in [-0.3, -0.25) is 5.10 Å². The third-order valence-corrected chi connectivity index (χ3v) is 4.74. The molecule has 2 heterocycles. The Balaban J connectivity index is 2.13. The summed E-state index contributed by atoms with van der Waals surface area (Å²) in [6.07, 6.45) is -2.81. The topological polar surface area (TPSA) is 60.0 Å². The number of aryl methyl sites for hydroxylation is 1. The van der Waals surface area contributed by atoms with Gasteiger partial charge in [-0.2, -0.15) is 18.3 Å². The molecule has 8 heteroatoms. The molecule has 4 rings (SSSR count). The van der Waals surface area contributed by atoms with Crippen LogP contribution in [0.15, 0.2) is 36.5 Å². The lowest BCUT2D eigenvalue weighted by Gasteiger charge is -2.16. The number of hydrogen-bond donors (Lipinski definition) is 1. The van der Waals surface area contributed by atoms with Crippen molar-refractivity contribution in [3.63, 3.8) is 0 Å². The van der Waals surface area contributed by atoms with Crippen molar-refractivity contribution in [2.24, 2.45) is 0 Å². The lowest BCUT2D eigenvalue weighted by molar-refractivity contribution is -0.137. The van der Waals surface area contributed by atoms with Crippen LogP contribution in [0, 0.1) is 6.92 Å². The van der Waals surface area contributed by atoms with Crippen LogP contribution < -0.4 is 9.47 Å². The molecule has 0 spiro atoms. The molecule has 0 radical (unpaired) electrons. The summed E-state index contributed by atoms with van der Waals surface area (Å²) in [5.74, 6) is 1.03. The van der Waals surface area contributed by atoms with Crippen LogP contribution in [0.3, 0.4) is 0 Å². The van der Waals surface area contributed by atoms with Crippen LogP contribution >= 0.6 is 0 Å². The van der Waals surface area contributed by atoms with E-state index in [9.17, 15) is 13.2 Å². The van der Waals surface area contributed by atoms with Crippen molar-refractivity contribution in [2.75, 3.05) is 14.2 Å². The molecule has 0 aliphatic carbocycles. The number of nitrogens with zero attached hydrogens (tertiary/aromatic N) is 2. The van der Waals surface area contributed by atoms with Crippen LogP contribution in [0.4, 0.5) is 13.2 Å². The molecule has 0 unspecified atom stereocenters. The first kappa shape index (κ1) is 18.1. The lowest BCUT2D eigenvalue weighted by Crippen LogP contribution is -2.04. The first-order valence-corrected chi connectivity index (χ1v) is 8.41. The highest BCUT2D eigenvalue weighted by atomic mass is 19.4. The third kappa shape index (κ3) is 2.72. The molecule has 0 saturated heterocycles. The summed E-state index contributed by atoms with van der Waals surface area (Å²) in [5.41, 5.74) is 1.29. The van der Waals surface area contributed by atoms with Gasteiger partial charge in [-0.05, 0) is 25.1 Å². The number of aromatic amines is 1.